The van der Waals surface area contributed by atoms with Gasteiger partial charge in [0.2, 0.25) is 10.0 Å². The molecule has 4 N–H and O–H groups in total. The summed E-state index contributed by atoms with van der Waals surface area (Å²) in [6, 6.07) is 12.4. The summed E-state index contributed by atoms with van der Waals surface area (Å²) >= 11 is 0. The highest BCUT2D eigenvalue weighted by Crippen LogP contribution is 2.55. The molecule has 0 bridgehead atoms. The van der Waals surface area contributed by atoms with Crippen LogP contribution in [-0.2, 0) is 16.6 Å². The highest BCUT2D eigenvalue weighted by atomic mass is 32.3. The van der Waals surface area contributed by atoms with Gasteiger partial charge in [0.15, 0.2) is 0 Å². The van der Waals surface area contributed by atoms with Gasteiger partial charge in [0.1, 0.15) is 16.4 Å². The van der Waals surface area contributed by atoms with E-state index in [-0.39, 0.29) is 12.7 Å². The first-order valence-electron chi connectivity index (χ1n) is 8.89. The predicted octanol–water partition coefficient (Wildman–Crippen LogP) is 3.08. The van der Waals surface area contributed by atoms with Crippen molar-refractivity contribution in [2.45, 2.75) is 30.4 Å². The van der Waals surface area contributed by atoms with Crippen LogP contribution in [0.1, 0.15) is 18.4 Å². The summed E-state index contributed by atoms with van der Waals surface area (Å²) < 4.78 is 54.6. The minimum Gasteiger partial charge on any atom is -0.457 e. The Morgan fingerprint density at radius 3 is 2.64 bits per heavy atom. The third-order valence-electron chi connectivity index (χ3n) is 4.80. The summed E-state index contributed by atoms with van der Waals surface area (Å²) in [4.78, 5) is 2.59. The molecule has 1 saturated heterocycles. The Balaban J connectivity index is 1.52. The van der Waals surface area contributed by atoms with Crippen molar-refractivity contribution in [3.63, 3.8) is 0 Å². The molecule has 2 aliphatic heterocycles. The van der Waals surface area contributed by atoms with Crippen LogP contribution in [0.25, 0.3) is 0 Å². The smallest absolute Gasteiger partial charge is 0.209 e. The Bertz CT molecular complexity index is 979. The fourth-order valence-corrected chi connectivity index (χ4v) is 5.42. The maximum absolute atomic E-state index is 11.2. The van der Waals surface area contributed by atoms with Gasteiger partial charge in [0.25, 0.3) is 0 Å². The molecule has 1 fully saturated rings. The summed E-state index contributed by atoms with van der Waals surface area (Å²) in [5.41, 5.74) is 1.64. The molecule has 1 atom stereocenters. The molecule has 0 spiro atoms. The van der Waals surface area contributed by atoms with Crippen LogP contribution in [0.4, 0.5) is 5.69 Å². The first-order valence-corrected chi connectivity index (χ1v) is 12.3. The molecule has 0 radical (unpaired) electrons. The van der Waals surface area contributed by atoms with E-state index >= 15 is 0 Å². The highest BCUT2D eigenvalue weighted by molar-refractivity contribution is 8.22. The molecule has 152 valence electrons. The lowest BCUT2D eigenvalue weighted by atomic mass is 10.2. The van der Waals surface area contributed by atoms with E-state index < -0.39 is 20.8 Å². The Hall–Kier alpha value is -1.82. The predicted molar refractivity (Wildman–Crippen MR) is 109 cm³/mol. The van der Waals surface area contributed by atoms with E-state index in [0.717, 1.165) is 36.9 Å². The summed E-state index contributed by atoms with van der Waals surface area (Å²) in [5.74, 6) is 1.07. The molecule has 10 heteroatoms. The Labute approximate surface area is 166 Å². The molecule has 2 aromatic carbocycles. The standard InChI is InChI=1S/C18H23N3O5S2/c1-27(22,23)19-12-13-4-6-14(7-5-13)26-15-8-9-16-17(11-15)28(24,25)20-18-3-2-10-21(16)18/h4-9,11,18-20,24-25H,2-3,10,12H2,1H3. The normalized spacial score (nSPS) is 21.7. The van der Waals surface area contributed by atoms with Crippen molar-refractivity contribution in [2.75, 3.05) is 17.7 Å². The van der Waals surface area contributed by atoms with Crippen LogP contribution in [-0.4, -0.2) is 36.5 Å². The van der Waals surface area contributed by atoms with Gasteiger partial charge in [-0.2, -0.15) is 4.72 Å². The van der Waals surface area contributed by atoms with Crippen LogP contribution in [0.3, 0.4) is 0 Å². The number of fused-ring (bicyclic) bond motifs is 3. The Morgan fingerprint density at radius 1 is 1.21 bits per heavy atom. The van der Waals surface area contributed by atoms with E-state index in [4.69, 9.17) is 4.74 Å². The number of hydrogen-bond acceptors (Lipinski definition) is 7. The highest BCUT2D eigenvalue weighted by Gasteiger charge is 2.38. The number of hydrogen-bond donors (Lipinski definition) is 4. The van der Waals surface area contributed by atoms with Gasteiger partial charge in [-0.25, -0.2) is 13.1 Å². The molecular formula is C18H23N3O5S2. The minimum absolute atomic E-state index is 0.0441. The molecule has 28 heavy (non-hydrogen) atoms. The second kappa shape index (κ2) is 7.21. The van der Waals surface area contributed by atoms with Gasteiger partial charge in [-0.3, -0.25) is 9.11 Å². The zero-order valence-corrected chi connectivity index (χ0v) is 17.0. The van der Waals surface area contributed by atoms with Gasteiger partial charge in [0, 0.05) is 19.2 Å². The second-order valence-electron chi connectivity index (χ2n) is 6.99. The fourth-order valence-electron chi connectivity index (χ4n) is 3.48. The Kier molecular flexibility index (Phi) is 5.02. The number of rotatable bonds is 5. The van der Waals surface area contributed by atoms with Crippen molar-refractivity contribution in [2.24, 2.45) is 0 Å². The molecule has 8 nitrogen and oxygen atoms in total. The van der Waals surface area contributed by atoms with Crippen molar-refractivity contribution in [3.05, 3.63) is 48.0 Å². The monoisotopic (exact) mass is 425 g/mol. The van der Waals surface area contributed by atoms with E-state index in [1.807, 2.05) is 12.1 Å². The molecule has 2 aliphatic rings. The van der Waals surface area contributed by atoms with E-state index in [1.54, 1.807) is 30.3 Å². The lowest BCUT2D eigenvalue weighted by Crippen LogP contribution is -2.46. The van der Waals surface area contributed by atoms with E-state index in [9.17, 15) is 17.5 Å². The maximum Gasteiger partial charge on any atom is 0.209 e. The molecule has 2 heterocycles. The average molecular weight is 426 g/mol. The van der Waals surface area contributed by atoms with E-state index in [2.05, 4.69) is 14.3 Å². The van der Waals surface area contributed by atoms with Gasteiger partial charge in [-0.1, -0.05) is 12.1 Å². The molecular weight excluding hydrogens is 402 g/mol. The number of anilines is 1. The van der Waals surface area contributed by atoms with Gasteiger partial charge in [-0.15, -0.1) is 10.8 Å². The van der Waals surface area contributed by atoms with Gasteiger partial charge >= 0.3 is 0 Å². The van der Waals surface area contributed by atoms with E-state index in [0.29, 0.717) is 16.4 Å². The number of sulfonamides is 1. The summed E-state index contributed by atoms with van der Waals surface area (Å²) in [6.45, 7) is 1.09. The number of benzene rings is 2. The maximum atomic E-state index is 11.2. The SMILES string of the molecule is CS(=O)(=O)NCc1ccc(Oc2ccc3c(c2)S(O)(O)NC2CCCN32)cc1. The number of nitrogens with one attached hydrogen (secondary N) is 2. The molecule has 0 aliphatic carbocycles. The van der Waals surface area contributed by atoms with Crippen molar-refractivity contribution < 1.29 is 22.3 Å². The third kappa shape index (κ3) is 4.12. The molecule has 2 aromatic rings. The van der Waals surface area contributed by atoms with E-state index in [1.165, 1.54) is 0 Å². The third-order valence-corrected chi connectivity index (χ3v) is 7.01. The molecule has 4 rings (SSSR count). The molecule has 0 amide bonds. The van der Waals surface area contributed by atoms with Crippen LogP contribution < -0.4 is 19.1 Å². The van der Waals surface area contributed by atoms with Crippen LogP contribution in [0.2, 0.25) is 0 Å². The zero-order valence-electron chi connectivity index (χ0n) is 15.3. The first kappa shape index (κ1) is 19.5. The lowest BCUT2D eigenvalue weighted by molar-refractivity contribution is 0.440. The second-order valence-corrected chi connectivity index (χ2v) is 10.6. The summed E-state index contributed by atoms with van der Waals surface area (Å²) in [7, 11) is -6.32. The van der Waals surface area contributed by atoms with Crippen LogP contribution in [0.5, 0.6) is 11.5 Å². The van der Waals surface area contributed by atoms with Crippen LogP contribution in [0.15, 0.2) is 47.4 Å². The van der Waals surface area contributed by atoms with Gasteiger partial charge < -0.3 is 9.64 Å². The quantitative estimate of drug-likeness (QED) is 0.582. The average Bonchev–Trinajstić information content (AvgIpc) is 3.08. The lowest BCUT2D eigenvalue weighted by Gasteiger charge is -2.46. The van der Waals surface area contributed by atoms with Crippen molar-refractivity contribution in [1.82, 2.24) is 9.44 Å². The van der Waals surface area contributed by atoms with Gasteiger partial charge in [0.05, 0.1) is 18.1 Å². The topological polar surface area (TPSA) is 111 Å². The first-order chi connectivity index (χ1) is 13.2. The summed E-state index contributed by atoms with van der Waals surface area (Å²) in [5, 5.41) is 0. The molecule has 0 aromatic heterocycles. The largest absolute Gasteiger partial charge is 0.457 e. The van der Waals surface area contributed by atoms with Crippen molar-refractivity contribution in [3.8, 4) is 11.5 Å². The molecule has 1 unspecified atom stereocenters. The zero-order chi connectivity index (χ0) is 19.9. The van der Waals surface area contributed by atoms with Crippen molar-refractivity contribution in [1.29, 1.82) is 0 Å². The molecule has 0 saturated carbocycles. The Morgan fingerprint density at radius 2 is 1.93 bits per heavy atom. The van der Waals surface area contributed by atoms with Crippen LogP contribution in [0, 0.1) is 0 Å². The number of ether oxygens (including phenoxy) is 1. The van der Waals surface area contributed by atoms with Gasteiger partial charge in [-0.05, 0) is 42.7 Å². The minimum atomic E-state index is -3.24. The number of nitrogens with zero attached hydrogens (tertiary/aromatic N) is 1. The fraction of sp³-hybridized carbons (Fsp3) is 0.333. The van der Waals surface area contributed by atoms with Crippen molar-refractivity contribution >= 4 is 26.5 Å². The van der Waals surface area contributed by atoms with Crippen LogP contribution >= 0.6 is 10.8 Å². The summed E-state index contributed by atoms with van der Waals surface area (Å²) in [6.07, 6.45) is 2.96.